The third-order valence-electron chi connectivity index (χ3n) is 25.5. The van der Waals surface area contributed by atoms with Crippen LogP contribution in [0.2, 0.25) is 0 Å². The fourth-order valence-electron chi connectivity index (χ4n) is 20.3. The Morgan fingerprint density at radius 2 is 0.515 bits per heavy atom. The molecule has 0 atom stereocenters. The number of anilines is 21. The Morgan fingerprint density at radius 3 is 0.877 bits per heavy atom. The summed E-state index contributed by atoms with van der Waals surface area (Å²) < 4.78 is 196. The maximum absolute atomic E-state index is 18.3. The summed E-state index contributed by atoms with van der Waals surface area (Å²) in [5.41, 5.74) is 6.85. The van der Waals surface area contributed by atoms with Crippen LogP contribution in [0, 0.1) is 58.2 Å². The van der Waals surface area contributed by atoms with Gasteiger partial charge in [-0.05, 0) is 191 Å². The molecular weight excluding hydrogens is 1690 g/mol. The summed E-state index contributed by atoms with van der Waals surface area (Å²) in [5, 5.41) is 1.43. The van der Waals surface area contributed by atoms with Crippen molar-refractivity contribution >= 4 is 230 Å². The van der Waals surface area contributed by atoms with Crippen LogP contribution in [0.1, 0.15) is 0 Å². The molecule has 0 saturated heterocycles. The molecule has 130 heavy (non-hydrogen) atoms. The van der Waals surface area contributed by atoms with E-state index < -0.39 is 101 Å². The first-order valence-electron chi connectivity index (χ1n) is 42.0. The van der Waals surface area contributed by atoms with Gasteiger partial charge in [0.1, 0.15) is 104 Å². The van der Waals surface area contributed by atoms with Gasteiger partial charge in [0.25, 0.3) is 20.1 Å². The topological polar surface area (TPSA) is 41.1 Å². The average molecular weight is 1750 g/mol. The standard InChI is InChI=1S/C106H58B3F10N7O2S2/c110-72-35-15-17-45-82(72)123-86-49-63(121(61-29-9-3-10-30-61)101-74(112)37-21-38-75(101)113)51-88-96(86)108(105-99(123)66-33-13-19-47-94(66)129-105)68-55-70-90(57-84(68)125(88)103-78(116)41-23-42-79(103)117)127-92-53-65(120(59-25-5-1-6-26-59)60-27-7-2-8-28-60)54-93-98(92)107(70)71-56-69-85(58-91(71)128-93)126(104-80(118)43-24-44-81(104)119)89-52-64(122(62-31-11-4-12-32-62)102-76(114)39-22-40-77(102)115)50-87-97(89)109(69)106-100(67-34-14-20-48-95(67)130-106)124(87)83-46-18-16-36-73(83)111/h1-58H. The van der Waals surface area contributed by atoms with E-state index in [-0.39, 0.29) is 57.0 Å². The zero-order chi connectivity index (χ0) is 87.3. The van der Waals surface area contributed by atoms with E-state index in [4.69, 9.17) is 9.47 Å². The minimum Gasteiger partial charge on any atom is -0.458 e. The number of para-hydroxylation sites is 10. The molecule has 620 valence electrons. The Labute approximate surface area is 746 Å². The molecule has 0 bridgehead atoms. The van der Waals surface area contributed by atoms with E-state index in [1.165, 1.54) is 78.7 Å². The van der Waals surface area contributed by atoms with Gasteiger partial charge in [-0.25, -0.2) is 43.9 Å². The smallest absolute Gasteiger partial charge is 0.264 e. The van der Waals surface area contributed by atoms with E-state index in [1.807, 2.05) is 138 Å². The molecule has 24 heteroatoms. The van der Waals surface area contributed by atoms with Crippen molar-refractivity contribution in [1.82, 2.24) is 0 Å². The molecule has 9 nitrogen and oxygen atoms in total. The predicted molar refractivity (Wildman–Crippen MR) is 507 cm³/mol. The number of hydrogen-bond donors (Lipinski definition) is 0. The van der Waals surface area contributed by atoms with Crippen LogP contribution in [0.4, 0.5) is 163 Å². The fourth-order valence-corrected chi connectivity index (χ4v) is 23.0. The first kappa shape index (κ1) is 76.8. The van der Waals surface area contributed by atoms with Crippen molar-refractivity contribution < 1.29 is 53.4 Å². The van der Waals surface area contributed by atoms with Gasteiger partial charge in [-0.2, -0.15) is 0 Å². The summed E-state index contributed by atoms with van der Waals surface area (Å²) in [6.45, 7) is -2.84. The van der Waals surface area contributed by atoms with E-state index in [0.717, 1.165) is 69.3 Å². The van der Waals surface area contributed by atoms with Crippen LogP contribution in [0.25, 0.3) is 20.2 Å². The van der Waals surface area contributed by atoms with Crippen LogP contribution in [0.3, 0.4) is 0 Å². The number of nitrogens with zero attached hydrogens (tertiary/aromatic N) is 7. The lowest BCUT2D eigenvalue weighted by Gasteiger charge is -2.45. The lowest BCUT2D eigenvalue weighted by atomic mass is 9.31. The van der Waals surface area contributed by atoms with Crippen LogP contribution in [-0.2, 0) is 0 Å². The number of thiophene rings is 2. The number of hydrogen-bond acceptors (Lipinski definition) is 11. The Bertz CT molecular complexity index is 7480. The largest absolute Gasteiger partial charge is 0.458 e. The molecule has 0 saturated carbocycles. The van der Waals surface area contributed by atoms with Crippen molar-refractivity contribution in [2.75, 3.05) is 34.3 Å². The van der Waals surface area contributed by atoms with Gasteiger partial charge in [-0.1, -0.05) is 170 Å². The van der Waals surface area contributed by atoms with Gasteiger partial charge >= 0.3 is 0 Å². The highest BCUT2D eigenvalue weighted by Gasteiger charge is 2.53. The molecule has 0 radical (unpaired) electrons. The third kappa shape index (κ3) is 11.5. The van der Waals surface area contributed by atoms with Gasteiger partial charge < -0.3 is 43.8 Å². The summed E-state index contributed by atoms with van der Waals surface area (Å²) in [4.78, 5) is 11.4. The Morgan fingerprint density at radius 1 is 0.215 bits per heavy atom. The first-order chi connectivity index (χ1) is 63.7. The fraction of sp³-hybridized carbons (Fsp3) is 0. The molecule has 2 aromatic heterocycles. The van der Waals surface area contributed by atoms with Crippen LogP contribution in [0.15, 0.2) is 352 Å². The number of fused-ring (bicyclic) bond motifs is 16. The molecule has 17 aromatic carbocycles. The maximum atomic E-state index is 18.3. The lowest BCUT2D eigenvalue weighted by molar-refractivity contribution is 0.465. The van der Waals surface area contributed by atoms with Crippen molar-refractivity contribution in [3.63, 3.8) is 0 Å². The minimum atomic E-state index is -0.990. The van der Waals surface area contributed by atoms with Crippen LogP contribution < -0.4 is 91.6 Å². The summed E-state index contributed by atoms with van der Waals surface area (Å²) >= 11 is 2.91. The van der Waals surface area contributed by atoms with Gasteiger partial charge in [0.15, 0.2) is 0 Å². The summed E-state index contributed by atoms with van der Waals surface area (Å²) in [6, 6.07) is 97.0. The number of benzene rings is 17. The molecule has 0 fully saturated rings. The molecule has 0 amide bonds. The highest BCUT2D eigenvalue weighted by atomic mass is 32.1. The van der Waals surface area contributed by atoms with E-state index in [2.05, 4.69) is 0 Å². The second kappa shape index (κ2) is 29.5. The molecule has 0 N–H and O–H groups in total. The van der Waals surface area contributed by atoms with Crippen molar-refractivity contribution in [3.8, 4) is 23.0 Å². The zero-order valence-electron chi connectivity index (χ0n) is 67.8. The van der Waals surface area contributed by atoms with E-state index >= 15 is 43.9 Å². The Balaban J connectivity index is 0.803. The zero-order valence-corrected chi connectivity index (χ0v) is 69.4. The highest BCUT2D eigenvalue weighted by Crippen LogP contribution is 2.57. The van der Waals surface area contributed by atoms with Gasteiger partial charge in [-0.3, -0.25) is 0 Å². The van der Waals surface area contributed by atoms with Gasteiger partial charge in [-0.15, -0.1) is 22.7 Å². The molecule has 0 spiro atoms. The number of ether oxygens (including phenoxy) is 2. The van der Waals surface area contributed by atoms with Gasteiger partial charge in [0.2, 0.25) is 0 Å². The Hall–Kier alpha value is -15.6. The molecule has 0 unspecified atom stereocenters. The minimum absolute atomic E-state index is 0.0877. The molecule has 19 aromatic rings. The molecule has 25 rings (SSSR count). The normalized spacial score (nSPS) is 13.2. The van der Waals surface area contributed by atoms with Crippen LogP contribution in [-0.4, -0.2) is 20.1 Å². The molecule has 8 heterocycles. The van der Waals surface area contributed by atoms with Gasteiger partial charge in [0, 0.05) is 116 Å². The summed E-state index contributed by atoms with van der Waals surface area (Å²) in [7, 11) is 0. The van der Waals surface area contributed by atoms with E-state index in [9.17, 15) is 0 Å². The molecule has 6 aliphatic rings. The monoisotopic (exact) mass is 1750 g/mol. The molecule has 0 aliphatic carbocycles. The van der Waals surface area contributed by atoms with E-state index in [0.29, 0.717) is 110 Å². The first-order valence-corrected chi connectivity index (χ1v) is 43.7. The number of rotatable bonds is 13. The Kier molecular flexibility index (Phi) is 17.4. The number of halogens is 10. The summed E-state index contributed by atoms with van der Waals surface area (Å²) in [6.07, 6.45) is 0. The van der Waals surface area contributed by atoms with Crippen LogP contribution >= 0.6 is 22.7 Å². The lowest BCUT2D eigenvalue weighted by Crippen LogP contribution is -2.65. The van der Waals surface area contributed by atoms with Gasteiger partial charge in [0.05, 0.1) is 39.8 Å². The van der Waals surface area contributed by atoms with Crippen molar-refractivity contribution in [1.29, 1.82) is 0 Å². The van der Waals surface area contributed by atoms with E-state index in [1.54, 1.807) is 143 Å². The van der Waals surface area contributed by atoms with Crippen molar-refractivity contribution in [2.24, 2.45) is 0 Å². The van der Waals surface area contributed by atoms with Crippen LogP contribution in [0.5, 0.6) is 23.0 Å². The molecule has 6 aliphatic heterocycles. The van der Waals surface area contributed by atoms with Crippen molar-refractivity contribution in [3.05, 3.63) is 410 Å². The quantitative estimate of drug-likeness (QED) is 0.0829. The molecular formula is C106H58B3F10N7O2S2. The predicted octanol–water partition coefficient (Wildman–Crippen LogP) is 24.8. The summed E-state index contributed by atoms with van der Waals surface area (Å²) in [5.74, 6) is -7.98. The average Bonchev–Trinajstić information content (AvgIpc) is 1.54. The SMILES string of the molecule is Fc1ccccc1N1c2cc(N(c3ccccc3)c3c(F)cccc3F)cc3c2B(c2cc4c(cc2N3c2c(F)cccc2F)Oc2cc(N(c3ccccc3)c3ccccc3)cc3c2B4c2cc4c(cc2O3)N(c2c(F)cccc2F)c2cc(N(c3ccccc3)c3c(F)cccc3F)cc3c2B4c2sc4ccccc4c2N3c2ccccc2F)c2sc3ccccc3c21. The maximum Gasteiger partial charge on any atom is 0.264 e. The highest BCUT2D eigenvalue weighted by molar-refractivity contribution is 7.34. The van der Waals surface area contributed by atoms with Crippen molar-refractivity contribution in [2.45, 2.75) is 0 Å². The second-order valence-electron chi connectivity index (χ2n) is 32.5. The second-order valence-corrected chi connectivity index (χ2v) is 34.7. The third-order valence-corrected chi connectivity index (χ3v) is 27.9.